The van der Waals surface area contributed by atoms with Gasteiger partial charge in [0.05, 0.1) is 16.3 Å². The average Bonchev–Trinajstić information content (AvgIpc) is 2.03. The van der Waals surface area contributed by atoms with Crippen LogP contribution in [0.5, 0.6) is 0 Å². The van der Waals surface area contributed by atoms with Crippen LogP contribution in [0.4, 0.5) is 18.9 Å². The van der Waals surface area contributed by atoms with E-state index >= 15 is 0 Å². The highest BCUT2D eigenvalue weighted by atomic mass is 35.5. The molecule has 0 unspecified atom stereocenters. The van der Waals surface area contributed by atoms with E-state index in [0.29, 0.717) is 0 Å². The van der Waals surface area contributed by atoms with Gasteiger partial charge in [-0.1, -0.05) is 11.6 Å². The van der Waals surface area contributed by atoms with Gasteiger partial charge < -0.3 is 5.43 Å². The first-order valence-corrected chi connectivity index (χ1v) is 3.66. The molecule has 1 rings (SSSR count). The Balaban J connectivity index is 3.14. The zero-order valence-electron chi connectivity index (χ0n) is 6.32. The maximum atomic E-state index is 12.1. The highest BCUT2D eigenvalue weighted by Gasteiger charge is 2.30. The summed E-state index contributed by atoms with van der Waals surface area (Å²) < 4.78 is 36.4. The molecule has 1 aromatic carbocycles. The molecule has 0 heterocycles. The maximum absolute atomic E-state index is 12.1. The maximum Gasteiger partial charge on any atom is 0.416 e. The Morgan fingerprint density at radius 2 is 1.92 bits per heavy atom. The second-order valence-corrected chi connectivity index (χ2v) is 2.74. The van der Waals surface area contributed by atoms with Gasteiger partial charge >= 0.3 is 6.18 Å². The lowest BCUT2D eigenvalue weighted by molar-refractivity contribution is -0.137. The molecular weight excluding hydrogens is 205 g/mol. The normalized spacial score (nSPS) is 11.5. The molecule has 0 aliphatic heterocycles. The molecule has 0 radical (unpaired) electrons. The molecule has 0 fully saturated rings. The SMILES string of the molecule is NNc1cc(C(F)(F)F)ccc1Cl. The Kier molecular flexibility index (Phi) is 2.68. The van der Waals surface area contributed by atoms with Crippen molar-refractivity contribution in [2.24, 2.45) is 5.84 Å². The van der Waals surface area contributed by atoms with Crippen LogP contribution in [-0.2, 0) is 6.18 Å². The quantitative estimate of drug-likeness (QED) is 0.552. The molecule has 0 saturated carbocycles. The standard InChI is InChI=1S/C7H6ClF3N2/c8-5-2-1-4(7(9,10)11)3-6(5)13-12/h1-3,13H,12H2. The van der Waals surface area contributed by atoms with Gasteiger partial charge in [-0.15, -0.1) is 0 Å². The van der Waals surface area contributed by atoms with Crippen molar-refractivity contribution < 1.29 is 13.2 Å². The number of hydrogen-bond acceptors (Lipinski definition) is 2. The van der Waals surface area contributed by atoms with Gasteiger partial charge in [0, 0.05) is 0 Å². The molecule has 0 spiro atoms. The second-order valence-electron chi connectivity index (χ2n) is 2.34. The highest BCUT2D eigenvalue weighted by Crippen LogP contribution is 2.33. The van der Waals surface area contributed by atoms with E-state index in [-0.39, 0.29) is 10.7 Å². The lowest BCUT2D eigenvalue weighted by Crippen LogP contribution is -2.10. The minimum Gasteiger partial charge on any atom is -0.323 e. The third-order valence-corrected chi connectivity index (χ3v) is 1.78. The molecule has 1 aromatic rings. The fourth-order valence-corrected chi connectivity index (χ4v) is 0.984. The predicted molar refractivity (Wildman–Crippen MR) is 44.3 cm³/mol. The van der Waals surface area contributed by atoms with Crippen molar-refractivity contribution in [3.63, 3.8) is 0 Å². The van der Waals surface area contributed by atoms with Crippen molar-refractivity contribution in [3.05, 3.63) is 28.8 Å². The van der Waals surface area contributed by atoms with E-state index in [2.05, 4.69) is 5.43 Å². The van der Waals surface area contributed by atoms with Crippen molar-refractivity contribution in [1.82, 2.24) is 0 Å². The summed E-state index contributed by atoms with van der Waals surface area (Å²) in [5.41, 5.74) is 1.34. The van der Waals surface area contributed by atoms with Gasteiger partial charge in [0.15, 0.2) is 0 Å². The zero-order valence-corrected chi connectivity index (χ0v) is 7.08. The Hall–Kier alpha value is -0.940. The molecule has 6 heteroatoms. The van der Waals surface area contributed by atoms with Gasteiger partial charge in [0.2, 0.25) is 0 Å². The number of nitrogen functional groups attached to an aromatic ring is 1. The van der Waals surface area contributed by atoms with Crippen molar-refractivity contribution in [3.8, 4) is 0 Å². The minimum atomic E-state index is -4.38. The van der Waals surface area contributed by atoms with Crippen LogP contribution >= 0.6 is 11.6 Å². The van der Waals surface area contributed by atoms with Gasteiger partial charge in [-0.2, -0.15) is 13.2 Å². The molecule has 3 N–H and O–H groups in total. The fourth-order valence-electron chi connectivity index (χ4n) is 0.812. The molecule has 13 heavy (non-hydrogen) atoms. The molecule has 0 bridgehead atoms. The molecule has 2 nitrogen and oxygen atoms in total. The Morgan fingerprint density at radius 1 is 1.31 bits per heavy atom. The molecule has 72 valence electrons. The predicted octanol–water partition coefficient (Wildman–Crippen LogP) is 2.64. The van der Waals surface area contributed by atoms with Crippen LogP contribution in [0.3, 0.4) is 0 Å². The van der Waals surface area contributed by atoms with Gasteiger partial charge in [-0.3, -0.25) is 5.84 Å². The highest BCUT2D eigenvalue weighted by molar-refractivity contribution is 6.33. The van der Waals surface area contributed by atoms with Crippen molar-refractivity contribution >= 4 is 17.3 Å². The molecular formula is C7H6ClF3N2. The number of hydrazine groups is 1. The van der Waals surface area contributed by atoms with E-state index < -0.39 is 11.7 Å². The minimum absolute atomic E-state index is 0.0523. The van der Waals surface area contributed by atoms with Crippen LogP contribution in [-0.4, -0.2) is 0 Å². The Bertz CT molecular complexity index is 311. The van der Waals surface area contributed by atoms with Gasteiger partial charge in [-0.25, -0.2) is 0 Å². The van der Waals surface area contributed by atoms with Crippen LogP contribution in [0.25, 0.3) is 0 Å². The number of rotatable bonds is 1. The summed E-state index contributed by atoms with van der Waals surface area (Å²) in [6.45, 7) is 0. The molecule has 0 atom stereocenters. The summed E-state index contributed by atoms with van der Waals surface area (Å²) in [6.07, 6.45) is -4.38. The lowest BCUT2D eigenvalue weighted by atomic mass is 10.2. The number of alkyl halides is 3. The number of hydrogen-bond donors (Lipinski definition) is 2. The summed E-state index contributed by atoms with van der Waals surface area (Å²) in [5.74, 6) is 4.96. The third kappa shape index (κ3) is 2.26. The smallest absolute Gasteiger partial charge is 0.323 e. The van der Waals surface area contributed by atoms with Crippen LogP contribution in [0.15, 0.2) is 18.2 Å². The molecule has 0 saturated heterocycles. The van der Waals surface area contributed by atoms with Crippen LogP contribution in [0.2, 0.25) is 5.02 Å². The average molecular weight is 211 g/mol. The second kappa shape index (κ2) is 3.43. The van der Waals surface area contributed by atoms with E-state index in [1.54, 1.807) is 0 Å². The Labute approximate surface area is 77.5 Å². The summed E-state index contributed by atoms with van der Waals surface area (Å²) in [5, 5.41) is 0.149. The number of nitrogens with one attached hydrogen (secondary N) is 1. The first kappa shape index (κ1) is 10.1. The molecule has 0 aliphatic rings. The van der Waals surface area contributed by atoms with E-state index in [4.69, 9.17) is 17.4 Å². The molecule has 0 aromatic heterocycles. The number of nitrogens with two attached hydrogens (primary N) is 1. The summed E-state index contributed by atoms with van der Waals surface area (Å²) in [7, 11) is 0. The van der Waals surface area contributed by atoms with Gasteiger partial charge in [0.25, 0.3) is 0 Å². The molecule has 0 aliphatic carbocycles. The summed E-state index contributed by atoms with van der Waals surface area (Å²) in [4.78, 5) is 0. The summed E-state index contributed by atoms with van der Waals surface area (Å²) >= 11 is 5.54. The number of anilines is 1. The van der Waals surface area contributed by atoms with Crippen LogP contribution in [0.1, 0.15) is 5.56 Å². The third-order valence-electron chi connectivity index (χ3n) is 1.45. The van der Waals surface area contributed by atoms with Gasteiger partial charge in [0.1, 0.15) is 0 Å². The van der Waals surface area contributed by atoms with E-state index in [9.17, 15) is 13.2 Å². The van der Waals surface area contributed by atoms with E-state index in [0.717, 1.165) is 18.2 Å². The fraction of sp³-hybridized carbons (Fsp3) is 0.143. The van der Waals surface area contributed by atoms with Crippen molar-refractivity contribution in [2.75, 3.05) is 5.43 Å². The van der Waals surface area contributed by atoms with E-state index in [1.165, 1.54) is 0 Å². The summed E-state index contributed by atoms with van der Waals surface area (Å²) in [6, 6.07) is 2.88. The van der Waals surface area contributed by atoms with Crippen LogP contribution < -0.4 is 11.3 Å². The monoisotopic (exact) mass is 210 g/mol. The van der Waals surface area contributed by atoms with Crippen molar-refractivity contribution in [2.45, 2.75) is 6.18 Å². The zero-order chi connectivity index (χ0) is 10.1. The first-order chi connectivity index (χ1) is 5.95. The van der Waals surface area contributed by atoms with E-state index in [1.807, 2.05) is 0 Å². The molecule has 0 amide bonds. The van der Waals surface area contributed by atoms with Crippen molar-refractivity contribution in [1.29, 1.82) is 0 Å². The Morgan fingerprint density at radius 3 is 2.38 bits per heavy atom. The largest absolute Gasteiger partial charge is 0.416 e. The first-order valence-electron chi connectivity index (χ1n) is 3.28. The lowest BCUT2D eigenvalue weighted by Gasteiger charge is -2.09. The number of halogens is 4. The topological polar surface area (TPSA) is 38.0 Å². The van der Waals surface area contributed by atoms with Gasteiger partial charge in [-0.05, 0) is 18.2 Å². The van der Waals surface area contributed by atoms with Crippen LogP contribution in [0, 0.1) is 0 Å². The number of benzene rings is 1.